The van der Waals surface area contributed by atoms with E-state index in [-0.39, 0.29) is 18.3 Å². The molecule has 1 aromatic heterocycles. The lowest BCUT2D eigenvalue weighted by Crippen LogP contribution is -2.45. The number of carbonyl (C=O) groups is 1. The summed E-state index contributed by atoms with van der Waals surface area (Å²) >= 11 is 0. The van der Waals surface area contributed by atoms with Crippen LogP contribution in [-0.2, 0) is 22.5 Å². The third kappa shape index (κ3) is 4.06. The molecule has 0 bridgehead atoms. The molecule has 2 aromatic rings. The van der Waals surface area contributed by atoms with E-state index in [1.165, 1.54) is 12.8 Å². The van der Waals surface area contributed by atoms with Crippen molar-refractivity contribution < 1.29 is 9.53 Å². The Morgan fingerprint density at radius 1 is 1.27 bits per heavy atom. The number of aryl methyl sites for hydroxylation is 1. The number of hydrogen-bond donors (Lipinski definition) is 2. The van der Waals surface area contributed by atoms with Gasteiger partial charge < -0.3 is 19.9 Å². The third-order valence-electron chi connectivity index (χ3n) is 4.72. The van der Waals surface area contributed by atoms with Gasteiger partial charge in [0, 0.05) is 37.3 Å². The van der Waals surface area contributed by atoms with Crippen molar-refractivity contribution >= 4 is 24.0 Å². The van der Waals surface area contributed by atoms with Gasteiger partial charge in [0.1, 0.15) is 11.9 Å². The first-order valence-corrected chi connectivity index (χ1v) is 8.97. The number of anilines is 1. The van der Waals surface area contributed by atoms with Crippen molar-refractivity contribution in [2.24, 2.45) is 0 Å². The summed E-state index contributed by atoms with van der Waals surface area (Å²) in [6, 6.07) is 7.79. The first-order valence-electron chi connectivity index (χ1n) is 8.97. The Morgan fingerprint density at radius 3 is 3.04 bits per heavy atom. The molecule has 0 saturated carbocycles. The summed E-state index contributed by atoms with van der Waals surface area (Å²) in [6.07, 6.45) is 4.09. The molecular weight excluding hydrogens is 354 g/mol. The van der Waals surface area contributed by atoms with Gasteiger partial charge in [-0.15, -0.1) is 22.6 Å². The molecule has 7 nitrogen and oxygen atoms in total. The molecule has 1 atom stereocenters. The molecule has 1 aromatic carbocycles. The van der Waals surface area contributed by atoms with Crippen molar-refractivity contribution in [3.8, 4) is 11.4 Å². The summed E-state index contributed by atoms with van der Waals surface area (Å²) in [7, 11) is 0. The van der Waals surface area contributed by atoms with E-state index in [0.717, 1.165) is 48.8 Å². The van der Waals surface area contributed by atoms with Crippen LogP contribution in [0.2, 0.25) is 0 Å². The normalized spacial score (nSPS) is 19.8. The molecule has 0 radical (unpaired) electrons. The van der Waals surface area contributed by atoms with Gasteiger partial charge in [-0.1, -0.05) is 18.6 Å². The molecule has 1 unspecified atom stereocenters. The predicted octanol–water partition coefficient (Wildman–Crippen LogP) is 2.02. The van der Waals surface area contributed by atoms with Gasteiger partial charge in [0.05, 0.1) is 6.61 Å². The summed E-state index contributed by atoms with van der Waals surface area (Å²) in [4.78, 5) is 12.3. The molecule has 2 aliphatic heterocycles. The van der Waals surface area contributed by atoms with Crippen LogP contribution in [0.15, 0.2) is 24.3 Å². The second-order valence-corrected chi connectivity index (χ2v) is 6.54. The summed E-state index contributed by atoms with van der Waals surface area (Å²) in [5.41, 5.74) is 1.73. The van der Waals surface area contributed by atoms with E-state index in [9.17, 15) is 4.79 Å². The van der Waals surface area contributed by atoms with Crippen molar-refractivity contribution in [3.05, 3.63) is 30.1 Å². The topological polar surface area (TPSA) is 81.1 Å². The highest BCUT2D eigenvalue weighted by Gasteiger charge is 2.22. The first-order chi connectivity index (χ1) is 12.3. The maximum Gasteiger partial charge on any atom is 0.254 e. The van der Waals surface area contributed by atoms with Gasteiger partial charge >= 0.3 is 0 Å². The Labute approximate surface area is 158 Å². The van der Waals surface area contributed by atoms with Crippen LogP contribution in [0.25, 0.3) is 11.4 Å². The molecule has 8 heteroatoms. The Hall–Kier alpha value is -1.96. The van der Waals surface area contributed by atoms with Crippen LogP contribution in [-0.4, -0.2) is 46.5 Å². The molecule has 26 heavy (non-hydrogen) atoms. The number of carbonyl (C=O) groups excluding carboxylic acids is 1. The Balaban J connectivity index is 0.00000196. The van der Waals surface area contributed by atoms with Gasteiger partial charge in [-0.05, 0) is 25.0 Å². The van der Waals surface area contributed by atoms with E-state index in [0.29, 0.717) is 13.2 Å². The average molecular weight is 378 g/mol. The van der Waals surface area contributed by atoms with Crippen LogP contribution in [0.1, 0.15) is 25.1 Å². The van der Waals surface area contributed by atoms with Gasteiger partial charge in [0.15, 0.2) is 5.82 Å². The summed E-state index contributed by atoms with van der Waals surface area (Å²) in [6.45, 7) is 2.85. The van der Waals surface area contributed by atoms with Crippen molar-refractivity contribution in [2.75, 3.05) is 25.0 Å². The number of hydrogen-bond acceptors (Lipinski definition) is 5. The molecule has 1 fully saturated rings. The van der Waals surface area contributed by atoms with Gasteiger partial charge in [-0.2, -0.15) is 0 Å². The molecule has 0 spiro atoms. The number of morpholine rings is 1. The lowest BCUT2D eigenvalue weighted by Gasteiger charge is -2.22. The summed E-state index contributed by atoms with van der Waals surface area (Å²) in [5, 5.41) is 14.9. The maximum atomic E-state index is 12.3. The average Bonchev–Trinajstić information content (AvgIpc) is 2.91. The predicted molar refractivity (Wildman–Crippen MR) is 102 cm³/mol. The Morgan fingerprint density at radius 2 is 2.19 bits per heavy atom. The molecule has 3 heterocycles. The lowest BCUT2D eigenvalue weighted by atomic mass is 10.1. The summed E-state index contributed by atoms with van der Waals surface area (Å²) in [5.74, 6) is 1.82. The number of nitrogens with one attached hydrogen (secondary N) is 2. The van der Waals surface area contributed by atoms with Gasteiger partial charge in [-0.3, -0.25) is 4.79 Å². The number of amides is 1. The van der Waals surface area contributed by atoms with Crippen molar-refractivity contribution in [3.63, 3.8) is 0 Å². The fourth-order valence-corrected chi connectivity index (χ4v) is 3.39. The molecule has 1 amide bonds. The fraction of sp³-hybridized carbons (Fsp3) is 0.500. The van der Waals surface area contributed by atoms with E-state index >= 15 is 0 Å². The van der Waals surface area contributed by atoms with E-state index in [1.54, 1.807) is 0 Å². The third-order valence-corrected chi connectivity index (χ3v) is 4.72. The zero-order valence-corrected chi connectivity index (χ0v) is 15.4. The van der Waals surface area contributed by atoms with Crippen LogP contribution in [0.3, 0.4) is 0 Å². The number of halogens is 1. The molecule has 140 valence electrons. The first kappa shape index (κ1) is 18.8. The maximum absolute atomic E-state index is 12.3. The number of ether oxygens (including phenoxy) is 1. The standard InChI is InChI=1S/C18H23N5O2.ClH/c24-18(15-12-19-8-10-25-15)20-14-6-4-5-13(11-14)17-22-21-16-7-2-1-3-9-23(16)17;/h4-6,11,15,19H,1-3,7-10,12H2,(H,20,24);1H. The van der Waals surface area contributed by atoms with E-state index in [1.807, 2.05) is 24.3 Å². The Kier molecular flexibility index (Phi) is 6.24. The largest absolute Gasteiger partial charge is 0.366 e. The van der Waals surface area contributed by atoms with Crippen molar-refractivity contribution in [2.45, 2.75) is 38.3 Å². The zero-order valence-electron chi connectivity index (χ0n) is 14.6. The quantitative estimate of drug-likeness (QED) is 0.855. The van der Waals surface area contributed by atoms with Crippen LogP contribution >= 0.6 is 12.4 Å². The minimum Gasteiger partial charge on any atom is -0.366 e. The van der Waals surface area contributed by atoms with E-state index < -0.39 is 6.10 Å². The number of rotatable bonds is 3. The lowest BCUT2D eigenvalue weighted by molar-refractivity contribution is -0.128. The van der Waals surface area contributed by atoms with E-state index in [2.05, 4.69) is 25.4 Å². The van der Waals surface area contributed by atoms with E-state index in [4.69, 9.17) is 4.74 Å². The number of nitrogens with zero attached hydrogens (tertiary/aromatic N) is 3. The van der Waals surface area contributed by atoms with Crippen LogP contribution in [0, 0.1) is 0 Å². The minimum absolute atomic E-state index is 0. The van der Waals surface area contributed by atoms with Crippen LogP contribution in [0.5, 0.6) is 0 Å². The van der Waals surface area contributed by atoms with Crippen molar-refractivity contribution in [1.29, 1.82) is 0 Å². The highest BCUT2D eigenvalue weighted by Crippen LogP contribution is 2.25. The minimum atomic E-state index is -0.443. The van der Waals surface area contributed by atoms with Crippen LogP contribution < -0.4 is 10.6 Å². The van der Waals surface area contributed by atoms with Gasteiger partial charge in [-0.25, -0.2) is 0 Å². The molecule has 1 saturated heterocycles. The SMILES string of the molecule is Cl.O=C(Nc1cccc(-c2nnc3n2CCCCC3)c1)C1CNCCO1. The molecule has 4 rings (SSSR count). The number of fused-ring (bicyclic) bond motifs is 1. The monoisotopic (exact) mass is 377 g/mol. The van der Waals surface area contributed by atoms with Crippen molar-refractivity contribution in [1.82, 2.24) is 20.1 Å². The number of benzene rings is 1. The fourth-order valence-electron chi connectivity index (χ4n) is 3.39. The highest BCUT2D eigenvalue weighted by molar-refractivity contribution is 5.94. The molecule has 2 aliphatic rings. The Bertz CT molecular complexity index is 758. The van der Waals surface area contributed by atoms with Gasteiger partial charge in [0.25, 0.3) is 5.91 Å². The summed E-state index contributed by atoms with van der Waals surface area (Å²) < 4.78 is 7.71. The zero-order chi connectivity index (χ0) is 17.1. The highest BCUT2D eigenvalue weighted by atomic mass is 35.5. The smallest absolute Gasteiger partial charge is 0.254 e. The van der Waals surface area contributed by atoms with Crippen LogP contribution in [0.4, 0.5) is 5.69 Å². The van der Waals surface area contributed by atoms with Gasteiger partial charge in [0.2, 0.25) is 0 Å². The molecule has 2 N–H and O–H groups in total. The molecule has 0 aliphatic carbocycles. The second-order valence-electron chi connectivity index (χ2n) is 6.54. The molecular formula is C18H24ClN5O2. The number of aromatic nitrogens is 3. The second kappa shape index (κ2) is 8.62.